The highest BCUT2D eigenvalue weighted by molar-refractivity contribution is 6.30. The van der Waals surface area contributed by atoms with Gasteiger partial charge >= 0.3 is 5.97 Å². The Hall–Kier alpha value is -2.34. The maximum Gasteiger partial charge on any atom is 0.326 e. The van der Waals surface area contributed by atoms with Gasteiger partial charge in [-0.3, -0.25) is 4.79 Å². The summed E-state index contributed by atoms with van der Waals surface area (Å²) in [6.45, 7) is 5.58. The van der Waals surface area contributed by atoms with Crippen molar-refractivity contribution in [3.8, 4) is 5.69 Å². The average Bonchev–Trinajstić information content (AvgIpc) is 2.88. The molecule has 0 saturated heterocycles. The molecule has 0 fully saturated rings. The quantitative estimate of drug-likeness (QED) is 0.839. The Morgan fingerprint density at radius 1 is 1.29 bits per heavy atom. The second-order valence-electron chi connectivity index (χ2n) is 6.03. The number of carbonyl (C=O) groups is 2. The maximum absolute atomic E-state index is 12.4. The number of rotatable bonds is 6. The van der Waals surface area contributed by atoms with Gasteiger partial charge in [0.1, 0.15) is 6.04 Å². The zero-order valence-electron chi connectivity index (χ0n) is 13.8. The van der Waals surface area contributed by atoms with Crippen LogP contribution in [0, 0.1) is 12.8 Å². The highest BCUT2D eigenvalue weighted by atomic mass is 35.5. The summed E-state index contributed by atoms with van der Waals surface area (Å²) in [5.41, 5.74) is 1.75. The van der Waals surface area contributed by atoms with Gasteiger partial charge in [0.05, 0.1) is 23.1 Å². The smallest absolute Gasteiger partial charge is 0.326 e. The van der Waals surface area contributed by atoms with Crippen LogP contribution in [0.3, 0.4) is 0 Å². The van der Waals surface area contributed by atoms with Crippen LogP contribution in [0.5, 0.6) is 0 Å². The number of nitrogens with zero attached hydrogens (tertiary/aromatic N) is 2. The van der Waals surface area contributed by atoms with Gasteiger partial charge in [-0.2, -0.15) is 5.10 Å². The van der Waals surface area contributed by atoms with E-state index in [1.54, 1.807) is 35.9 Å². The van der Waals surface area contributed by atoms with Gasteiger partial charge in [0.25, 0.3) is 5.91 Å². The Labute approximate surface area is 145 Å². The molecule has 0 aliphatic carbocycles. The van der Waals surface area contributed by atoms with E-state index in [0.717, 1.165) is 5.69 Å². The molecule has 0 aliphatic heterocycles. The SMILES string of the molecule is Cc1c(C(=O)N[C@H](CC(C)C)C(=O)O)cnn1-c1ccc(Cl)cc1. The van der Waals surface area contributed by atoms with Gasteiger partial charge in [0, 0.05) is 5.02 Å². The first-order valence-electron chi connectivity index (χ1n) is 7.63. The summed E-state index contributed by atoms with van der Waals surface area (Å²) in [5.74, 6) is -1.33. The molecule has 2 rings (SSSR count). The van der Waals surface area contributed by atoms with Crippen LogP contribution in [0.15, 0.2) is 30.5 Å². The Bertz CT molecular complexity index is 738. The number of aromatic nitrogens is 2. The van der Waals surface area contributed by atoms with Gasteiger partial charge in [-0.05, 0) is 43.5 Å². The lowest BCUT2D eigenvalue weighted by molar-refractivity contribution is -0.139. The lowest BCUT2D eigenvalue weighted by Gasteiger charge is -2.16. The van der Waals surface area contributed by atoms with Crippen molar-refractivity contribution in [1.82, 2.24) is 15.1 Å². The summed E-state index contributed by atoms with van der Waals surface area (Å²) >= 11 is 5.87. The van der Waals surface area contributed by atoms with Crippen LogP contribution >= 0.6 is 11.6 Å². The number of carboxylic acid groups (broad SMARTS) is 1. The molecule has 1 atom stereocenters. The van der Waals surface area contributed by atoms with E-state index < -0.39 is 17.9 Å². The fourth-order valence-electron chi connectivity index (χ4n) is 2.40. The molecule has 1 heterocycles. The number of carbonyl (C=O) groups excluding carboxylic acids is 1. The topological polar surface area (TPSA) is 84.2 Å². The minimum absolute atomic E-state index is 0.157. The maximum atomic E-state index is 12.4. The molecule has 2 aromatic rings. The van der Waals surface area contributed by atoms with Crippen LogP contribution in [0.1, 0.15) is 36.3 Å². The fourth-order valence-corrected chi connectivity index (χ4v) is 2.53. The van der Waals surface area contributed by atoms with E-state index in [4.69, 9.17) is 11.6 Å². The van der Waals surface area contributed by atoms with Crippen molar-refractivity contribution in [2.45, 2.75) is 33.2 Å². The third kappa shape index (κ3) is 4.14. The number of amides is 1. The number of hydrogen-bond donors (Lipinski definition) is 2. The highest BCUT2D eigenvalue weighted by Crippen LogP contribution is 2.17. The molecular weight excluding hydrogens is 330 g/mol. The van der Waals surface area contributed by atoms with Crippen molar-refractivity contribution in [2.24, 2.45) is 5.92 Å². The molecular formula is C17H20ClN3O3. The van der Waals surface area contributed by atoms with E-state index in [0.29, 0.717) is 22.7 Å². The molecule has 0 spiro atoms. The number of nitrogens with one attached hydrogen (secondary N) is 1. The third-order valence-electron chi connectivity index (χ3n) is 3.64. The predicted octanol–water partition coefficient (Wildman–Crippen LogP) is 3.06. The van der Waals surface area contributed by atoms with Gasteiger partial charge < -0.3 is 10.4 Å². The molecule has 1 aromatic carbocycles. The van der Waals surface area contributed by atoms with Gasteiger partial charge in [0.15, 0.2) is 0 Å². The van der Waals surface area contributed by atoms with Crippen molar-refractivity contribution in [3.63, 3.8) is 0 Å². The summed E-state index contributed by atoms with van der Waals surface area (Å²) in [6, 6.07) is 6.14. The average molecular weight is 350 g/mol. The van der Waals surface area contributed by atoms with E-state index in [1.165, 1.54) is 6.20 Å². The molecule has 0 bridgehead atoms. The van der Waals surface area contributed by atoms with Crippen molar-refractivity contribution in [1.29, 1.82) is 0 Å². The number of halogens is 1. The number of benzene rings is 1. The van der Waals surface area contributed by atoms with E-state index in [1.807, 2.05) is 13.8 Å². The molecule has 1 aromatic heterocycles. The molecule has 1 amide bonds. The second kappa shape index (κ2) is 7.49. The Balaban J connectivity index is 2.21. The molecule has 0 unspecified atom stereocenters. The summed E-state index contributed by atoms with van der Waals surface area (Å²) in [4.78, 5) is 23.7. The van der Waals surface area contributed by atoms with Gasteiger partial charge in [-0.25, -0.2) is 9.48 Å². The number of hydrogen-bond acceptors (Lipinski definition) is 3. The molecule has 7 heteroatoms. The van der Waals surface area contributed by atoms with E-state index >= 15 is 0 Å². The van der Waals surface area contributed by atoms with Crippen molar-refractivity contribution < 1.29 is 14.7 Å². The molecule has 6 nitrogen and oxygen atoms in total. The van der Waals surface area contributed by atoms with E-state index in [2.05, 4.69) is 10.4 Å². The second-order valence-corrected chi connectivity index (χ2v) is 6.46. The van der Waals surface area contributed by atoms with Crippen LogP contribution in [0.25, 0.3) is 5.69 Å². The van der Waals surface area contributed by atoms with Crippen LogP contribution < -0.4 is 5.32 Å². The van der Waals surface area contributed by atoms with Crippen molar-refractivity contribution in [3.05, 3.63) is 46.7 Å². The Morgan fingerprint density at radius 2 is 1.92 bits per heavy atom. The molecule has 2 N–H and O–H groups in total. The Kier molecular flexibility index (Phi) is 5.62. The lowest BCUT2D eigenvalue weighted by atomic mass is 10.0. The zero-order chi connectivity index (χ0) is 17.9. The normalized spacial score (nSPS) is 12.2. The monoisotopic (exact) mass is 349 g/mol. The summed E-state index contributed by atoms with van der Waals surface area (Å²) < 4.78 is 1.61. The standard InChI is InChI=1S/C17H20ClN3O3/c1-10(2)8-15(17(23)24)20-16(22)14-9-19-21(11(14)3)13-6-4-12(18)5-7-13/h4-7,9-10,15H,8H2,1-3H3,(H,20,22)(H,23,24)/t15-/m1/s1. The first-order valence-corrected chi connectivity index (χ1v) is 8.01. The van der Waals surface area contributed by atoms with Crippen LogP contribution in [-0.2, 0) is 4.79 Å². The molecule has 0 radical (unpaired) electrons. The first kappa shape index (κ1) is 18.0. The van der Waals surface area contributed by atoms with Gasteiger partial charge in [0.2, 0.25) is 0 Å². The first-order chi connectivity index (χ1) is 11.3. The van der Waals surface area contributed by atoms with Crippen LogP contribution in [-0.4, -0.2) is 32.8 Å². The summed E-state index contributed by atoms with van der Waals surface area (Å²) in [5, 5.41) is 16.6. The predicted molar refractivity (Wildman–Crippen MR) is 91.7 cm³/mol. The minimum atomic E-state index is -1.04. The fraction of sp³-hybridized carbons (Fsp3) is 0.353. The molecule has 0 aliphatic rings. The largest absolute Gasteiger partial charge is 0.480 e. The molecule has 0 saturated carbocycles. The zero-order valence-corrected chi connectivity index (χ0v) is 14.5. The minimum Gasteiger partial charge on any atom is -0.480 e. The van der Waals surface area contributed by atoms with Crippen molar-refractivity contribution >= 4 is 23.5 Å². The molecule has 24 heavy (non-hydrogen) atoms. The van der Waals surface area contributed by atoms with Gasteiger partial charge in [-0.15, -0.1) is 0 Å². The highest BCUT2D eigenvalue weighted by Gasteiger charge is 2.24. The van der Waals surface area contributed by atoms with Crippen LogP contribution in [0.4, 0.5) is 0 Å². The lowest BCUT2D eigenvalue weighted by Crippen LogP contribution is -2.41. The van der Waals surface area contributed by atoms with Gasteiger partial charge in [-0.1, -0.05) is 25.4 Å². The van der Waals surface area contributed by atoms with E-state index in [9.17, 15) is 14.7 Å². The number of carboxylic acids is 1. The Morgan fingerprint density at radius 3 is 2.46 bits per heavy atom. The molecule has 128 valence electrons. The van der Waals surface area contributed by atoms with Crippen LogP contribution in [0.2, 0.25) is 5.02 Å². The van der Waals surface area contributed by atoms with E-state index in [-0.39, 0.29) is 5.92 Å². The van der Waals surface area contributed by atoms with Crippen molar-refractivity contribution in [2.75, 3.05) is 0 Å². The summed E-state index contributed by atoms with van der Waals surface area (Å²) in [7, 11) is 0. The third-order valence-corrected chi connectivity index (χ3v) is 3.89. The number of aliphatic carboxylic acids is 1. The summed E-state index contributed by atoms with van der Waals surface area (Å²) in [6.07, 6.45) is 1.80.